The summed E-state index contributed by atoms with van der Waals surface area (Å²) in [4.78, 5) is 0.399. The third-order valence-electron chi connectivity index (χ3n) is 2.04. The molecule has 0 aliphatic carbocycles. The van der Waals surface area contributed by atoms with Gasteiger partial charge >= 0.3 is 0 Å². The summed E-state index contributed by atoms with van der Waals surface area (Å²) in [5, 5.41) is 1.79. The summed E-state index contributed by atoms with van der Waals surface area (Å²) in [6.07, 6.45) is 0. The molecule has 0 unspecified atom stereocenters. The van der Waals surface area contributed by atoms with Gasteiger partial charge in [-0.05, 0) is 40.1 Å². The predicted molar refractivity (Wildman–Crippen MR) is 65.2 cm³/mol. The number of benzene rings is 2. The molecular formula is C10H7IO2S. The van der Waals surface area contributed by atoms with E-state index in [1.807, 2.05) is 30.3 Å². The first-order valence-electron chi connectivity index (χ1n) is 4.02. The monoisotopic (exact) mass is 318 g/mol. The van der Waals surface area contributed by atoms with Crippen LogP contribution >= 0.6 is 22.6 Å². The van der Waals surface area contributed by atoms with E-state index in [0.717, 1.165) is 14.3 Å². The third kappa shape index (κ3) is 1.64. The lowest BCUT2D eigenvalue weighted by Crippen LogP contribution is -1.85. The minimum atomic E-state index is -2.51. The van der Waals surface area contributed by atoms with E-state index >= 15 is 0 Å². The summed E-state index contributed by atoms with van der Waals surface area (Å²) in [5.74, 6) is 0. The summed E-state index contributed by atoms with van der Waals surface area (Å²) < 4.78 is 23.0. The van der Waals surface area contributed by atoms with Gasteiger partial charge in [0, 0.05) is 8.96 Å². The second kappa shape index (κ2) is 3.86. The highest BCUT2D eigenvalue weighted by atomic mass is 127. The van der Waals surface area contributed by atoms with E-state index in [1.165, 1.54) is 0 Å². The number of hydrogen-bond acceptors (Lipinski definition) is 2. The lowest BCUT2D eigenvalue weighted by atomic mass is 10.1. The molecule has 0 amide bonds. The molecule has 0 aromatic heterocycles. The summed E-state index contributed by atoms with van der Waals surface area (Å²) >= 11 is 2.20. The molecule has 0 saturated carbocycles. The lowest BCUT2D eigenvalue weighted by Gasteiger charge is -2.02. The normalized spacial score (nSPS) is 11.0. The van der Waals surface area contributed by atoms with E-state index in [-0.39, 0.29) is 0 Å². The van der Waals surface area contributed by atoms with Crippen molar-refractivity contribution in [3.63, 3.8) is 0 Å². The molecule has 0 spiro atoms. The Morgan fingerprint density at radius 2 is 1.57 bits per heavy atom. The molecule has 0 fully saturated rings. The Balaban J connectivity index is 2.95. The van der Waals surface area contributed by atoms with Crippen LogP contribution in [0.2, 0.25) is 0 Å². The van der Waals surface area contributed by atoms with Crippen LogP contribution in [-0.2, 0) is 10.7 Å². The number of thiol groups is 1. The van der Waals surface area contributed by atoms with Crippen LogP contribution in [0.5, 0.6) is 0 Å². The van der Waals surface area contributed by atoms with Crippen LogP contribution in [0, 0.1) is 3.57 Å². The number of fused-ring (bicyclic) bond motifs is 1. The van der Waals surface area contributed by atoms with Gasteiger partial charge in [-0.1, -0.05) is 24.3 Å². The molecular weight excluding hydrogens is 311 g/mol. The zero-order valence-electron chi connectivity index (χ0n) is 7.11. The number of halogens is 1. The Labute approximate surface area is 97.0 Å². The van der Waals surface area contributed by atoms with Crippen LogP contribution in [-0.4, -0.2) is 8.42 Å². The van der Waals surface area contributed by atoms with Gasteiger partial charge in [0.25, 0.3) is 0 Å². The molecule has 0 bridgehead atoms. The summed E-state index contributed by atoms with van der Waals surface area (Å²) in [7, 11) is -2.51. The Morgan fingerprint density at radius 3 is 2.21 bits per heavy atom. The molecule has 0 atom stereocenters. The number of hydrogen-bond donors (Lipinski definition) is 1. The van der Waals surface area contributed by atoms with Crippen molar-refractivity contribution < 1.29 is 8.42 Å². The maximum absolute atomic E-state index is 11.0. The van der Waals surface area contributed by atoms with Crippen LogP contribution in [0.15, 0.2) is 41.3 Å². The van der Waals surface area contributed by atoms with Crippen molar-refractivity contribution in [1.29, 1.82) is 0 Å². The smallest absolute Gasteiger partial charge is 0.168 e. The van der Waals surface area contributed by atoms with Crippen LogP contribution < -0.4 is 0 Å². The van der Waals surface area contributed by atoms with Crippen molar-refractivity contribution in [3.05, 3.63) is 40.0 Å². The van der Waals surface area contributed by atoms with E-state index in [4.69, 9.17) is 0 Å². The van der Waals surface area contributed by atoms with Crippen molar-refractivity contribution in [2.45, 2.75) is 4.90 Å². The lowest BCUT2D eigenvalue weighted by molar-refractivity contribution is 0.615. The fraction of sp³-hybridized carbons (Fsp3) is 0. The van der Waals surface area contributed by atoms with Gasteiger partial charge in [-0.25, -0.2) is 8.42 Å². The first-order chi connectivity index (χ1) is 6.70. The van der Waals surface area contributed by atoms with Gasteiger partial charge < -0.3 is 0 Å². The first-order valence-corrected chi connectivity index (χ1v) is 6.27. The second-order valence-corrected chi connectivity index (χ2v) is 5.03. The number of rotatable bonds is 1. The van der Waals surface area contributed by atoms with E-state index in [2.05, 4.69) is 22.6 Å². The average molecular weight is 318 g/mol. The topological polar surface area (TPSA) is 34.1 Å². The van der Waals surface area contributed by atoms with Crippen LogP contribution in [0.3, 0.4) is 0 Å². The van der Waals surface area contributed by atoms with Gasteiger partial charge in [-0.15, -0.1) is 0 Å². The summed E-state index contributed by atoms with van der Waals surface area (Å²) in [6.45, 7) is 0. The van der Waals surface area contributed by atoms with Crippen LogP contribution in [0.25, 0.3) is 10.8 Å². The Morgan fingerprint density at radius 1 is 0.929 bits per heavy atom. The SMILES string of the molecule is O=[SH](=O)c1ccc(I)c2ccccc12. The average Bonchev–Trinajstić information content (AvgIpc) is 2.18. The minimum Gasteiger partial charge on any atom is -0.227 e. The minimum absolute atomic E-state index is 0.399. The fourth-order valence-corrected chi connectivity index (χ4v) is 2.64. The molecule has 2 nitrogen and oxygen atoms in total. The fourth-order valence-electron chi connectivity index (χ4n) is 1.41. The highest BCUT2D eigenvalue weighted by molar-refractivity contribution is 14.1. The molecule has 0 saturated heterocycles. The second-order valence-electron chi connectivity index (χ2n) is 2.87. The molecule has 14 heavy (non-hydrogen) atoms. The Kier molecular flexibility index (Phi) is 2.73. The van der Waals surface area contributed by atoms with Gasteiger partial charge in [0.15, 0.2) is 10.7 Å². The highest BCUT2D eigenvalue weighted by Gasteiger charge is 2.04. The quantitative estimate of drug-likeness (QED) is 0.647. The van der Waals surface area contributed by atoms with Crippen molar-refractivity contribution in [1.82, 2.24) is 0 Å². The zero-order chi connectivity index (χ0) is 10.1. The standard InChI is InChI=1S/C10H7IO2S/c11-9-5-6-10(14(12)13)8-4-2-1-3-7(8)9/h1-6,14H. The summed E-state index contributed by atoms with van der Waals surface area (Å²) in [5.41, 5.74) is 0. The zero-order valence-corrected chi connectivity index (χ0v) is 10.2. The van der Waals surface area contributed by atoms with Gasteiger partial charge in [-0.2, -0.15) is 0 Å². The van der Waals surface area contributed by atoms with Crippen molar-refractivity contribution in [2.24, 2.45) is 0 Å². The van der Waals surface area contributed by atoms with Crippen LogP contribution in [0.4, 0.5) is 0 Å². The Hall–Kier alpha value is -0.620. The maximum atomic E-state index is 11.0. The molecule has 0 heterocycles. The molecule has 0 N–H and O–H groups in total. The molecule has 72 valence electrons. The van der Waals surface area contributed by atoms with Crippen molar-refractivity contribution in [3.8, 4) is 0 Å². The predicted octanol–water partition coefficient (Wildman–Crippen LogP) is 2.41. The molecule has 0 aliphatic heterocycles. The van der Waals surface area contributed by atoms with E-state index < -0.39 is 10.7 Å². The Bertz CT molecular complexity index is 553. The van der Waals surface area contributed by atoms with Gasteiger partial charge in [0.1, 0.15) is 0 Å². The molecule has 4 heteroatoms. The molecule has 0 radical (unpaired) electrons. The van der Waals surface area contributed by atoms with E-state index in [1.54, 1.807) is 6.07 Å². The molecule has 2 rings (SSSR count). The molecule has 2 aromatic rings. The first kappa shape index (κ1) is 9.92. The van der Waals surface area contributed by atoms with Crippen molar-refractivity contribution >= 4 is 44.1 Å². The third-order valence-corrected chi connectivity index (χ3v) is 3.77. The van der Waals surface area contributed by atoms with Gasteiger partial charge in [-0.3, -0.25) is 0 Å². The van der Waals surface area contributed by atoms with E-state index in [0.29, 0.717) is 4.90 Å². The van der Waals surface area contributed by atoms with Crippen LogP contribution in [0.1, 0.15) is 0 Å². The molecule has 2 aromatic carbocycles. The molecule has 0 aliphatic rings. The maximum Gasteiger partial charge on any atom is 0.168 e. The highest BCUT2D eigenvalue weighted by Crippen LogP contribution is 2.24. The van der Waals surface area contributed by atoms with E-state index in [9.17, 15) is 8.42 Å². The van der Waals surface area contributed by atoms with Gasteiger partial charge in [0.05, 0.1) is 4.90 Å². The summed E-state index contributed by atoms with van der Waals surface area (Å²) in [6, 6.07) is 11.0. The van der Waals surface area contributed by atoms with Gasteiger partial charge in [0.2, 0.25) is 0 Å². The largest absolute Gasteiger partial charge is 0.227 e. The van der Waals surface area contributed by atoms with Crippen molar-refractivity contribution in [2.75, 3.05) is 0 Å².